The van der Waals surface area contributed by atoms with Gasteiger partial charge in [-0.3, -0.25) is 4.79 Å². The number of ether oxygens (including phenoxy) is 2. The van der Waals surface area contributed by atoms with E-state index in [9.17, 15) is 4.79 Å². The molecule has 3 aromatic carbocycles. The number of carbonyl (C=O) groups is 1. The fourth-order valence-electron chi connectivity index (χ4n) is 3.24. The van der Waals surface area contributed by atoms with Crippen molar-refractivity contribution in [2.75, 3.05) is 12.4 Å². The van der Waals surface area contributed by atoms with Crippen LogP contribution in [0.15, 0.2) is 72.8 Å². The van der Waals surface area contributed by atoms with Crippen LogP contribution < -0.4 is 14.8 Å². The van der Waals surface area contributed by atoms with Gasteiger partial charge in [0.25, 0.3) is 0 Å². The van der Waals surface area contributed by atoms with Gasteiger partial charge in [-0.1, -0.05) is 36.4 Å². The SMILES string of the molecule is COc1ccc(CCCc2ccccc2)cc1COc1ccc(NC(C)=O)cc1. The van der Waals surface area contributed by atoms with Crippen molar-refractivity contribution in [1.82, 2.24) is 0 Å². The fourth-order valence-corrected chi connectivity index (χ4v) is 3.24. The van der Waals surface area contributed by atoms with Gasteiger partial charge in [0.15, 0.2) is 0 Å². The highest BCUT2D eigenvalue weighted by Gasteiger charge is 2.07. The summed E-state index contributed by atoms with van der Waals surface area (Å²) >= 11 is 0. The van der Waals surface area contributed by atoms with Gasteiger partial charge in [-0.15, -0.1) is 0 Å². The number of carbonyl (C=O) groups excluding carboxylic acids is 1. The van der Waals surface area contributed by atoms with Gasteiger partial charge < -0.3 is 14.8 Å². The Morgan fingerprint density at radius 1 is 0.897 bits per heavy atom. The van der Waals surface area contributed by atoms with Crippen molar-refractivity contribution < 1.29 is 14.3 Å². The summed E-state index contributed by atoms with van der Waals surface area (Å²) in [5, 5.41) is 2.75. The van der Waals surface area contributed by atoms with Crippen molar-refractivity contribution in [3.63, 3.8) is 0 Å². The number of benzene rings is 3. The first-order chi connectivity index (χ1) is 14.1. The first-order valence-corrected chi connectivity index (χ1v) is 9.84. The Morgan fingerprint density at radius 3 is 2.31 bits per heavy atom. The Hall–Kier alpha value is -3.27. The lowest BCUT2D eigenvalue weighted by molar-refractivity contribution is -0.114. The average Bonchev–Trinajstić information content (AvgIpc) is 2.74. The van der Waals surface area contributed by atoms with Gasteiger partial charge in [0.1, 0.15) is 18.1 Å². The Morgan fingerprint density at radius 2 is 1.62 bits per heavy atom. The van der Waals surface area contributed by atoms with Crippen LogP contribution in [0.2, 0.25) is 0 Å². The first kappa shape index (κ1) is 20.5. The Balaban J connectivity index is 1.59. The molecule has 0 radical (unpaired) electrons. The molecular formula is C25H27NO3. The largest absolute Gasteiger partial charge is 0.496 e. The molecular weight excluding hydrogens is 362 g/mol. The van der Waals surface area contributed by atoms with Crippen molar-refractivity contribution in [1.29, 1.82) is 0 Å². The Kier molecular flexibility index (Phi) is 7.28. The number of nitrogens with one attached hydrogen (secondary N) is 1. The van der Waals surface area contributed by atoms with E-state index >= 15 is 0 Å². The topological polar surface area (TPSA) is 47.6 Å². The second-order valence-electron chi connectivity index (χ2n) is 6.98. The molecule has 1 amide bonds. The van der Waals surface area contributed by atoms with E-state index in [0.29, 0.717) is 6.61 Å². The quantitative estimate of drug-likeness (QED) is 0.532. The molecule has 0 atom stereocenters. The van der Waals surface area contributed by atoms with Crippen molar-refractivity contribution >= 4 is 11.6 Å². The summed E-state index contributed by atoms with van der Waals surface area (Å²) in [7, 11) is 1.68. The third-order valence-corrected chi connectivity index (χ3v) is 4.69. The van der Waals surface area contributed by atoms with Crippen LogP contribution in [0.3, 0.4) is 0 Å². The molecule has 0 aliphatic carbocycles. The summed E-state index contributed by atoms with van der Waals surface area (Å²) < 4.78 is 11.4. The second-order valence-corrected chi connectivity index (χ2v) is 6.98. The Labute approximate surface area is 172 Å². The molecule has 0 saturated heterocycles. The van der Waals surface area contributed by atoms with Gasteiger partial charge >= 0.3 is 0 Å². The molecule has 3 rings (SSSR count). The molecule has 3 aromatic rings. The number of rotatable bonds is 9. The second kappa shape index (κ2) is 10.3. The van der Waals surface area contributed by atoms with Gasteiger partial charge in [-0.2, -0.15) is 0 Å². The maximum atomic E-state index is 11.1. The summed E-state index contributed by atoms with van der Waals surface area (Å²) in [6.45, 7) is 1.92. The van der Waals surface area contributed by atoms with Crippen LogP contribution in [0.1, 0.15) is 30.0 Å². The van der Waals surface area contributed by atoms with Crippen LogP contribution in [0, 0.1) is 0 Å². The maximum absolute atomic E-state index is 11.1. The Bertz CT molecular complexity index is 921. The third kappa shape index (κ3) is 6.39. The lowest BCUT2D eigenvalue weighted by Crippen LogP contribution is -2.05. The highest BCUT2D eigenvalue weighted by Crippen LogP contribution is 2.24. The van der Waals surface area contributed by atoms with Crippen LogP contribution in [-0.4, -0.2) is 13.0 Å². The normalized spacial score (nSPS) is 10.4. The van der Waals surface area contributed by atoms with E-state index in [2.05, 4.69) is 41.7 Å². The molecule has 0 saturated carbocycles. The molecule has 0 spiro atoms. The molecule has 0 fully saturated rings. The molecule has 0 heterocycles. The number of aryl methyl sites for hydroxylation is 2. The van der Waals surface area contributed by atoms with E-state index in [-0.39, 0.29) is 5.91 Å². The zero-order valence-electron chi connectivity index (χ0n) is 17.0. The maximum Gasteiger partial charge on any atom is 0.221 e. The molecule has 1 N–H and O–H groups in total. The zero-order chi connectivity index (χ0) is 20.5. The molecule has 4 nitrogen and oxygen atoms in total. The van der Waals surface area contributed by atoms with Crippen LogP contribution in [-0.2, 0) is 24.2 Å². The van der Waals surface area contributed by atoms with E-state index in [1.165, 1.54) is 18.1 Å². The smallest absolute Gasteiger partial charge is 0.221 e. The minimum atomic E-state index is -0.0903. The number of anilines is 1. The number of hydrogen-bond donors (Lipinski definition) is 1. The van der Waals surface area contributed by atoms with Crippen molar-refractivity contribution in [2.45, 2.75) is 32.8 Å². The monoisotopic (exact) mass is 389 g/mol. The minimum Gasteiger partial charge on any atom is -0.496 e. The lowest BCUT2D eigenvalue weighted by Gasteiger charge is -2.13. The highest BCUT2D eigenvalue weighted by molar-refractivity contribution is 5.88. The third-order valence-electron chi connectivity index (χ3n) is 4.69. The van der Waals surface area contributed by atoms with Gasteiger partial charge in [-0.25, -0.2) is 0 Å². The summed E-state index contributed by atoms with van der Waals surface area (Å²) in [5.74, 6) is 1.48. The molecule has 0 unspecified atom stereocenters. The summed E-state index contributed by atoms with van der Waals surface area (Å²) in [5.41, 5.74) is 4.42. The zero-order valence-corrected chi connectivity index (χ0v) is 17.0. The van der Waals surface area contributed by atoms with Crippen LogP contribution >= 0.6 is 0 Å². The summed E-state index contributed by atoms with van der Waals surface area (Å²) in [4.78, 5) is 11.1. The van der Waals surface area contributed by atoms with E-state index in [4.69, 9.17) is 9.47 Å². The first-order valence-electron chi connectivity index (χ1n) is 9.84. The molecule has 29 heavy (non-hydrogen) atoms. The van der Waals surface area contributed by atoms with Gasteiger partial charge in [0, 0.05) is 18.2 Å². The highest BCUT2D eigenvalue weighted by atomic mass is 16.5. The van der Waals surface area contributed by atoms with Gasteiger partial charge in [0.05, 0.1) is 7.11 Å². The molecule has 0 aromatic heterocycles. The fraction of sp³-hybridized carbons (Fsp3) is 0.240. The van der Waals surface area contributed by atoms with Crippen molar-refractivity contribution in [3.05, 3.63) is 89.5 Å². The number of methoxy groups -OCH3 is 1. The lowest BCUT2D eigenvalue weighted by atomic mass is 10.0. The number of amides is 1. The standard InChI is InChI=1S/C25H27NO3/c1-19(27)26-23-12-14-24(15-13-23)29-18-22-17-21(11-16-25(22)28-2)10-6-9-20-7-4-3-5-8-20/h3-5,7-8,11-17H,6,9-10,18H2,1-2H3,(H,26,27). The minimum absolute atomic E-state index is 0.0903. The van der Waals surface area contributed by atoms with Crippen LogP contribution in [0.25, 0.3) is 0 Å². The predicted octanol–water partition coefficient (Wildman–Crippen LogP) is 5.41. The molecule has 0 bridgehead atoms. The summed E-state index contributed by atoms with van der Waals surface area (Å²) in [6.07, 6.45) is 3.18. The average molecular weight is 389 g/mol. The van der Waals surface area contributed by atoms with Gasteiger partial charge in [0.2, 0.25) is 5.91 Å². The molecule has 150 valence electrons. The predicted molar refractivity (Wildman–Crippen MR) is 117 cm³/mol. The number of hydrogen-bond acceptors (Lipinski definition) is 3. The molecule has 0 aliphatic heterocycles. The van der Waals surface area contributed by atoms with Gasteiger partial charge in [-0.05, 0) is 66.8 Å². The van der Waals surface area contributed by atoms with E-state index < -0.39 is 0 Å². The van der Waals surface area contributed by atoms with Crippen LogP contribution in [0.4, 0.5) is 5.69 Å². The summed E-state index contributed by atoms with van der Waals surface area (Å²) in [6, 6.07) is 24.2. The molecule has 0 aliphatic rings. The van der Waals surface area contributed by atoms with E-state index in [0.717, 1.165) is 42.0 Å². The molecule has 4 heteroatoms. The van der Waals surface area contributed by atoms with Crippen molar-refractivity contribution in [2.24, 2.45) is 0 Å². The van der Waals surface area contributed by atoms with E-state index in [1.54, 1.807) is 7.11 Å². The van der Waals surface area contributed by atoms with Crippen molar-refractivity contribution in [3.8, 4) is 11.5 Å². The van der Waals surface area contributed by atoms with Crippen LogP contribution in [0.5, 0.6) is 11.5 Å². The van der Waals surface area contributed by atoms with E-state index in [1.807, 2.05) is 36.4 Å².